The summed E-state index contributed by atoms with van der Waals surface area (Å²) in [7, 11) is 0. The van der Waals surface area contributed by atoms with Crippen molar-refractivity contribution in [2.24, 2.45) is 0 Å². The highest BCUT2D eigenvalue weighted by Gasteiger charge is 2.36. The molecule has 1 aromatic carbocycles. The van der Waals surface area contributed by atoms with E-state index in [2.05, 4.69) is 5.32 Å². The van der Waals surface area contributed by atoms with E-state index in [1.165, 1.54) is 17.0 Å². The van der Waals surface area contributed by atoms with E-state index in [9.17, 15) is 19.7 Å². The average molecular weight is 317 g/mol. The van der Waals surface area contributed by atoms with Gasteiger partial charge < -0.3 is 5.32 Å². The van der Waals surface area contributed by atoms with Crippen LogP contribution < -0.4 is 5.32 Å². The maximum Gasteiger partial charge on any atom is 0.269 e. The van der Waals surface area contributed by atoms with Crippen LogP contribution in [-0.4, -0.2) is 33.7 Å². The molecule has 0 aromatic heterocycles. The quantitative estimate of drug-likeness (QED) is 0.523. The molecule has 1 aromatic rings. The Labute approximate surface area is 133 Å². The molecule has 0 spiro atoms. The minimum absolute atomic E-state index is 0.0346. The van der Waals surface area contributed by atoms with Gasteiger partial charge in [-0.15, -0.1) is 0 Å². The lowest BCUT2D eigenvalue weighted by Crippen LogP contribution is -2.43. The van der Waals surface area contributed by atoms with Crippen molar-refractivity contribution >= 4 is 23.2 Å². The maximum absolute atomic E-state index is 11.8. The van der Waals surface area contributed by atoms with E-state index in [1.807, 2.05) is 0 Å². The van der Waals surface area contributed by atoms with Gasteiger partial charge in [0.1, 0.15) is 0 Å². The summed E-state index contributed by atoms with van der Waals surface area (Å²) in [6.45, 7) is 0. The number of benzene rings is 1. The van der Waals surface area contributed by atoms with Crippen molar-refractivity contribution in [3.8, 4) is 0 Å². The maximum atomic E-state index is 11.8. The monoisotopic (exact) mass is 317 g/mol. The molecule has 1 saturated heterocycles. The van der Waals surface area contributed by atoms with Crippen molar-refractivity contribution in [3.63, 3.8) is 0 Å². The Hall–Kier alpha value is -2.44. The number of nitrogens with zero attached hydrogens (tertiary/aromatic N) is 2. The highest BCUT2D eigenvalue weighted by Crippen LogP contribution is 2.29. The Bertz CT molecular complexity index is 605. The molecule has 2 fully saturated rings. The average Bonchev–Trinajstić information content (AvgIpc) is 2.88. The predicted octanol–water partition coefficient (Wildman–Crippen LogP) is 2.47. The zero-order valence-corrected chi connectivity index (χ0v) is 12.7. The Kier molecular flexibility index (Phi) is 4.27. The first kappa shape index (κ1) is 15.5. The lowest BCUT2D eigenvalue weighted by molar-refractivity contribution is -0.384. The van der Waals surface area contributed by atoms with Crippen molar-refractivity contribution in [2.45, 2.75) is 50.6 Å². The number of nitrogens with one attached hydrogen (secondary N) is 1. The molecule has 122 valence electrons. The summed E-state index contributed by atoms with van der Waals surface area (Å²) < 4.78 is 0. The van der Waals surface area contributed by atoms with Gasteiger partial charge in [-0.1, -0.05) is 0 Å². The number of imide groups is 1. The van der Waals surface area contributed by atoms with Crippen LogP contribution in [-0.2, 0) is 9.59 Å². The molecule has 1 saturated carbocycles. The fourth-order valence-corrected chi connectivity index (χ4v) is 3.39. The fourth-order valence-electron chi connectivity index (χ4n) is 3.39. The largest absolute Gasteiger partial charge is 0.382 e. The third-order valence-corrected chi connectivity index (χ3v) is 4.60. The van der Waals surface area contributed by atoms with Gasteiger partial charge in [-0.3, -0.25) is 24.6 Å². The molecular formula is C16H19N3O4. The van der Waals surface area contributed by atoms with Crippen molar-refractivity contribution in [1.82, 2.24) is 4.90 Å². The third kappa shape index (κ3) is 3.33. The molecule has 1 aliphatic heterocycles. The van der Waals surface area contributed by atoms with E-state index in [1.54, 1.807) is 12.1 Å². The molecule has 0 radical (unpaired) electrons. The molecule has 0 atom stereocenters. The number of carbonyl (C=O) groups excluding carboxylic acids is 2. The number of carbonyl (C=O) groups is 2. The smallest absolute Gasteiger partial charge is 0.269 e. The fraction of sp³-hybridized carbons (Fsp3) is 0.500. The first-order valence-corrected chi connectivity index (χ1v) is 7.90. The van der Waals surface area contributed by atoms with Gasteiger partial charge in [0.05, 0.1) is 4.92 Å². The zero-order chi connectivity index (χ0) is 16.4. The number of likely N-dealkylation sites (tertiary alicyclic amines) is 1. The van der Waals surface area contributed by atoms with E-state index in [4.69, 9.17) is 0 Å². The number of hydrogen-bond acceptors (Lipinski definition) is 5. The van der Waals surface area contributed by atoms with E-state index < -0.39 is 4.92 Å². The van der Waals surface area contributed by atoms with Crippen LogP contribution in [0.15, 0.2) is 24.3 Å². The van der Waals surface area contributed by atoms with Crippen molar-refractivity contribution in [2.75, 3.05) is 5.32 Å². The lowest BCUT2D eigenvalue weighted by Gasteiger charge is -2.34. The van der Waals surface area contributed by atoms with Crippen LogP contribution in [0.3, 0.4) is 0 Å². The van der Waals surface area contributed by atoms with E-state index >= 15 is 0 Å². The number of amides is 2. The molecule has 2 aliphatic rings. The first-order chi connectivity index (χ1) is 11.0. The van der Waals surface area contributed by atoms with Crippen LogP contribution in [0.5, 0.6) is 0 Å². The zero-order valence-electron chi connectivity index (χ0n) is 12.7. The molecule has 0 bridgehead atoms. The SMILES string of the molecule is O=C1CCC(=O)N1C1CCC(Nc2ccc([N+](=O)[O-])cc2)CC1. The van der Waals surface area contributed by atoms with Crippen LogP contribution in [0.1, 0.15) is 38.5 Å². The van der Waals surface area contributed by atoms with E-state index in [-0.39, 0.29) is 29.6 Å². The number of non-ortho nitro benzene ring substituents is 1. The lowest BCUT2D eigenvalue weighted by atomic mass is 9.90. The van der Waals surface area contributed by atoms with Crippen LogP contribution in [0, 0.1) is 10.1 Å². The van der Waals surface area contributed by atoms with Crippen molar-refractivity contribution < 1.29 is 14.5 Å². The van der Waals surface area contributed by atoms with Gasteiger partial charge in [0.25, 0.3) is 5.69 Å². The molecule has 23 heavy (non-hydrogen) atoms. The topological polar surface area (TPSA) is 92.6 Å². The van der Waals surface area contributed by atoms with E-state index in [0.717, 1.165) is 31.4 Å². The van der Waals surface area contributed by atoms with Crippen LogP contribution >= 0.6 is 0 Å². The highest BCUT2D eigenvalue weighted by molar-refractivity contribution is 6.02. The Morgan fingerprint density at radius 3 is 2.09 bits per heavy atom. The van der Waals surface area contributed by atoms with Gasteiger partial charge in [0.2, 0.25) is 11.8 Å². The molecular weight excluding hydrogens is 298 g/mol. The molecule has 1 N–H and O–H groups in total. The van der Waals surface area contributed by atoms with Gasteiger partial charge >= 0.3 is 0 Å². The van der Waals surface area contributed by atoms with Gasteiger partial charge in [0, 0.05) is 42.7 Å². The van der Waals surface area contributed by atoms with Gasteiger partial charge in [-0.25, -0.2) is 0 Å². The third-order valence-electron chi connectivity index (χ3n) is 4.60. The van der Waals surface area contributed by atoms with Crippen LogP contribution in [0.2, 0.25) is 0 Å². The number of nitro benzene ring substituents is 1. The number of anilines is 1. The molecule has 1 aliphatic carbocycles. The van der Waals surface area contributed by atoms with Gasteiger partial charge in [0.15, 0.2) is 0 Å². The predicted molar refractivity (Wildman–Crippen MR) is 83.9 cm³/mol. The Morgan fingerprint density at radius 1 is 1.00 bits per heavy atom. The normalized spacial score (nSPS) is 24.8. The molecule has 0 unspecified atom stereocenters. The Morgan fingerprint density at radius 2 is 1.57 bits per heavy atom. The van der Waals surface area contributed by atoms with Gasteiger partial charge in [-0.2, -0.15) is 0 Å². The molecule has 1 heterocycles. The summed E-state index contributed by atoms with van der Waals surface area (Å²) in [5.74, 6) is -0.0800. The molecule has 2 amide bonds. The summed E-state index contributed by atoms with van der Waals surface area (Å²) in [5.41, 5.74) is 0.928. The van der Waals surface area contributed by atoms with E-state index in [0.29, 0.717) is 12.8 Å². The Balaban J connectivity index is 1.54. The summed E-state index contributed by atoms with van der Waals surface area (Å²) in [5, 5.41) is 14.0. The first-order valence-electron chi connectivity index (χ1n) is 7.90. The standard InChI is InChI=1S/C16H19N3O4/c20-15-9-10-16(21)18(15)13-5-1-11(2-6-13)17-12-3-7-14(8-4-12)19(22)23/h3-4,7-8,11,13,17H,1-2,5-6,9-10H2. The highest BCUT2D eigenvalue weighted by atomic mass is 16.6. The van der Waals surface area contributed by atoms with Crippen LogP contribution in [0.25, 0.3) is 0 Å². The minimum Gasteiger partial charge on any atom is -0.382 e. The number of rotatable bonds is 4. The van der Waals surface area contributed by atoms with Crippen LogP contribution in [0.4, 0.5) is 11.4 Å². The van der Waals surface area contributed by atoms with Gasteiger partial charge in [-0.05, 0) is 37.8 Å². The second-order valence-corrected chi connectivity index (χ2v) is 6.11. The summed E-state index contributed by atoms with van der Waals surface area (Å²) in [6.07, 6.45) is 4.06. The molecule has 7 heteroatoms. The molecule has 7 nitrogen and oxygen atoms in total. The second kappa shape index (κ2) is 6.36. The minimum atomic E-state index is -0.418. The molecule has 3 rings (SSSR count). The summed E-state index contributed by atoms with van der Waals surface area (Å²) in [6, 6.07) is 6.67. The summed E-state index contributed by atoms with van der Waals surface area (Å²) in [4.78, 5) is 35.2. The second-order valence-electron chi connectivity index (χ2n) is 6.11. The summed E-state index contributed by atoms with van der Waals surface area (Å²) >= 11 is 0. The van der Waals surface area contributed by atoms with Crippen molar-refractivity contribution in [3.05, 3.63) is 34.4 Å². The van der Waals surface area contributed by atoms with Crippen molar-refractivity contribution in [1.29, 1.82) is 0 Å². The number of nitro groups is 1. The number of hydrogen-bond donors (Lipinski definition) is 1.